The molecule has 7 heteroatoms. The number of carbonyl (C=O) groups excluding carboxylic acids is 2. The van der Waals surface area contributed by atoms with Gasteiger partial charge in [0.1, 0.15) is 11.6 Å². The first-order valence-electron chi connectivity index (χ1n) is 5.93. The third-order valence-corrected chi connectivity index (χ3v) is 2.52. The van der Waals surface area contributed by atoms with Gasteiger partial charge in [0.15, 0.2) is 6.61 Å². The summed E-state index contributed by atoms with van der Waals surface area (Å²) in [6.07, 6.45) is 3.27. The summed E-state index contributed by atoms with van der Waals surface area (Å²) >= 11 is 0. The van der Waals surface area contributed by atoms with E-state index in [9.17, 15) is 9.59 Å². The number of amides is 2. The molecule has 4 N–H and O–H groups in total. The third-order valence-electron chi connectivity index (χ3n) is 2.52. The highest BCUT2D eigenvalue weighted by Crippen LogP contribution is 2.16. The number of para-hydroxylation sites is 1. The summed E-state index contributed by atoms with van der Waals surface area (Å²) in [6.45, 7) is 0.0810. The molecule has 20 heavy (non-hydrogen) atoms. The van der Waals surface area contributed by atoms with Crippen molar-refractivity contribution in [3.8, 4) is 5.75 Å². The Kier molecular flexibility index (Phi) is 4.33. The van der Waals surface area contributed by atoms with Gasteiger partial charge in [-0.25, -0.2) is 4.98 Å². The van der Waals surface area contributed by atoms with Gasteiger partial charge in [-0.05, 0) is 12.1 Å². The van der Waals surface area contributed by atoms with Crippen LogP contribution in [0.15, 0.2) is 36.7 Å². The summed E-state index contributed by atoms with van der Waals surface area (Å²) in [7, 11) is 0. The van der Waals surface area contributed by atoms with Gasteiger partial charge in [-0.15, -0.1) is 0 Å². The van der Waals surface area contributed by atoms with Crippen LogP contribution in [0.3, 0.4) is 0 Å². The summed E-state index contributed by atoms with van der Waals surface area (Å²) in [5.74, 6) is 0.0151. The minimum absolute atomic E-state index is 0.203. The molecule has 0 spiro atoms. The Morgan fingerprint density at radius 3 is 2.85 bits per heavy atom. The minimum Gasteiger partial charge on any atom is -0.483 e. The van der Waals surface area contributed by atoms with E-state index in [1.54, 1.807) is 36.7 Å². The van der Waals surface area contributed by atoms with E-state index in [1.165, 1.54) is 0 Å². The number of rotatable bonds is 6. The van der Waals surface area contributed by atoms with Crippen LogP contribution in [-0.4, -0.2) is 28.4 Å². The average Bonchev–Trinajstić information content (AvgIpc) is 2.96. The minimum atomic E-state index is -0.600. The Balaban J connectivity index is 1.85. The summed E-state index contributed by atoms with van der Waals surface area (Å²) in [6, 6.07) is 6.49. The maximum atomic E-state index is 11.6. The maximum absolute atomic E-state index is 11.6. The normalized spacial score (nSPS) is 10.0. The Hall–Kier alpha value is -2.83. The molecule has 0 bridgehead atoms. The van der Waals surface area contributed by atoms with Crippen LogP contribution in [-0.2, 0) is 11.3 Å². The molecule has 0 unspecified atom stereocenters. The van der Waals surface area contributed by atoms with Crippen molar-refractivity contribution in [1.82, 2.24) is 15.3 Å². The molecule has 0 aliphatic heterocycles. The standard InChI is InChI=1S/C13H14N4O3/c14-13(19)9-3-1-2-4-10(9)20-8-12(18)17-7-11-15-5-6-16-11/h1-6H,7-8H2,(H2,14,19)(H,15,16)(H,17,18). The molecule has 0 radical (unpaired) electrons. The highest BCUT2D eigenvalue weighted by Gasteiger charge is 2.10. The van der Waals surface area contributed by atoms with E-state index in [1.807, 2.05) is 0 Å². The Bertz CT molecular complexity index is 595. The van der Waals surface area contributed by atoms with Crippen molar-refractivity contribution in [2.24, 2.45) is 5.73 Å². The number of hydrogen-bond acceptors (Lipinski definition) is 4. The molecule has 0 saturated carbocycles. The van der Waals surface area contributed by atoms with Crippen LogP contribution in [0.2, 0.25) is 0 Å². The fraction of sp³-hybridized carbons (Fsp3) is 0.154. The highest BCUT2D eigenvalue weighted by molar-refractivity contribution is 5.95. The molecule has 0 aliphatic carbocycles. The second kappa shape index (κ2) is 6.37. The van der Waals surface area contributed by atoms with Crippen LogP contribution >= 0.6 is 0 Å². The van der Waals surface area contributed by atoms with Crippen molar-refractivity contribution < 1.29 is 14.3 Å². The van der Waals surface area contributed by atoms with Crippen LogP contribution in [0, 0.1) is 0 Å². The number of nitrogens with one attached hydrogen (secondary N) is 2. The fourth-order valence-corrected chi connectivity index (χ4v) is 1.57. The Labute approximate surface area is 115 Å². The van der Waals surface area contributed by atoms with Gasteiger partial charge in [-0.1, -0.05) is 12.1 Å². The zero-order valence-corrected chi connectivity index (χ0v) is 10.6. The Morgan fingerprint density at radius 1 is 1.35 bits per heavy atom. The van der Waals surface area contributed by atoms with Crippen molar-refractivity contribution in [3.63, 3.8) is 0 Å². The lowest BCUT2D eigenvalue weighted by atomic mass is 10.2. The summed E-state index contributed by atoms with van der Waals surface area (Å²) in [5, 5.41) is 2.63. The molecular formula is C13H14N4O3. The number of H-pyrrole nitrogens is 1. The smallest absolute Gasteiger partial charge is 0.258 e. The topological polar surface area (TPSA) is 110 Å². The third kappa shape index (κ3) is 3.58. The van der Waals surface area contributed by atoms with Gasteiger partial charge >= 0.3 is 0 Å². The molecule has 104 valence electrons. The van der Waals surface area contributed by atoms with Crippen molar-refractivity contribution in [3.05, 3.63) is 48.0 Å². The monoisotopic (exact) mass is 274 g/mol. The number of nitrogens with zero attached hydrogens (tertiary/aromatic N) is 1. The summed E-state index contributed by atoms with van der Waals surface area (Å²) in [5.41, 5.74) is 5.45. The van der Waals surface area contributed by atoms with Crippen molar-refractivity contribution in [2.75, 3.05) is 6.61 Å². The number of ether oxygens (including phenoxy) is 1. The number of aromatic nitrogens is 2. The van der Waals surface area contributed by atoms with Crippen LogP contribution in [0.4, 0.5) is 0 Å². The van der Waals surface area contributed by atoms with Gasteiger partial charge < -0.3 is 20.8 Å². The number of primary amides is 1. The molecule has 1 aromatic heterocycles. The van der Waals surface area contributed by atoms with E-state index < -0.39 is 5.91 Å². The number of carbonyl (C=O) groups is 2. The Morgan fingerprint density at radius 2 is 2.15 bits per heavy atom. The van der Waals surface area contributed by atoms with Crippen molar-refractivity contribution in [1.29, 1.82) is 0 Å². The van der Waals surface area contributed by atoms with E-state index in [-0.39, 0.29) is 30.4 Å². The number of nitrogens with two attached hydrogens (primary N) is 1. The molecule has 0 atom stereocenters. The molecular weight excluding hydrogens is 260 g/mol. The first-order valence-corrected chi connectivity index (χ1v) is 5.93. The van der Waals surface area contributed by atoms with Gasteiger partial charge in [0, 0.05) is 12.4 Å². The lowest BCUT2D eigenvalue weighted by Crippen LogP contribution is -2.29. The van der Waals surface area contributed by atoms with Crippen LogP contribution < -0.4 is 15.8 Å². The van der Waals surface area contributed by atoms with Crippen LogP contribution in [0.1, 0.15) is 16.2 Å². The SMILES string of the molecule is NC(=O)c1ccccc1OCC(=O)NCc1ncc[nH]1. The largest absolute Gasteiger partial charge is 0.483 e. The van der Waals surface area contributed by atoms with E-state index >= 15 is 0 Å². The van der Waals surface area contributed by atoms with E-state index in [0.29, 0.717) is 5.82 Å². The molecule has 0 aliphatic rings. The average molecular weight is 274 g/mol. The van der Waals surface area contributed by atoms with Gasteiger partial charge in [-0.3, -0.25) is 9.59 Å². The molecule has 7 nitrogen and oxygen atoms in total. The quantitative estimate of drug-likeness (QED) is 0.699. The molecule has 1 aromatic carbocycles. The van der Waals surface area contributed by atoms with E-state index in [4.69, 9.17) is 10.5 Å². The van der Waals surface area contributed by atoms with Gasteiger partial charge in [-0.2, -0.15) is 0 Å². The molecule has 1 heterocycles. The van der Waals surface area contributed by atoms with Crippen LogP contribution in [0.5, 0.6) is 5.75 Å². The summed E-state index contributed by atoms with van der Waals surface area (Å²) in [4.78, 5) is 29.6. The maximum Gasteiger partial charge on any atom is 0.258 e. The molecule has 2 rings (SSSR count). The summed E-state index contributed by atoms with van der Waals surface area (Å²) < 4.78 is 5.29. The highest BCUT2D eigenvalue weighted by atomic mass is 16.5. The number of benzene rings is 1. The van der Waals surface area contributed by atoms with Crippen molar-refractivity contribution in [2.45, 2.75) is 6.54 Å². The van der Waals surface area contributed by atoms with Gasteiger partial charge in [0.2, 0.25) is 0 Å². The number of imidazole rings is 1. The molecule has 2 aromatic rings. The molecule has 0 saturated heterocycles. The molecule has 0 fully saturated rings. The molecule has 2 amide bonds. The van der Waals surface area contributed by atoms with Crippen molar-refractivity contribution >= 4 is 11.8 Å². The number of hydrogen-bond donors (Lipinski definition) is 3. The lowest BCUT2D eigenvalue weighted by molar-refractivity contribution is -0.123. The van der Waals surface area contributed by atoms with E-state index in [2.05, 4.69) is 15.3 Å². The first kappa shape index (κ1) is 13.6. The zero-order valence-electron chi connectivity index (χ0n) is 10.6. The predicted octanol–water partition coefficient (Wildman–Crippen LogP) is 0.204. The lowest BCUT2D eigenvalue weighted by Gasteiger charge is -2.09. The number of aromatic amines is 1. The van der Waals surface area contributed by atoms with Gasteiger partial charge in [0.05, 0.1) is 12.1 Å². The first-order chi connectivity index (χ1) is 9.66. The van der Waals surface area contributed by atoms with Crippen LogP contribution in [0.25, 0.3) is 0 Å². The second-order valence-corrected chi connectivity index (χ2v) is 3.96. The predicted molar refractivity (Wildman–Crippen MR) is 70.9 cm³/mol. The fourth-order valence-electron chi connectivity index (χ4n) is 1.57. The zero-order chi connectivity index (χ0) is 14.4. The van der Waals surface area contributed by atoms with Gasteiger partial charge in [0.25, 0.3) is 11.8 Å². The second-order valence-electron chi connectivity index (χ2n) is 3.96. The van der Waals surface area contributed by atoms with E-state index in [0.717, 1.165) is 0 Å².